The van der Waals surface area contributed by atoms with Crippen LogP contribution in [-0.2, 0) is 0 Å². The second kappa shape index (κ2) is 4.70. The van der Waals surface area contributed by atoms with E-state index in [-0.39, 0.29) is 11.9 Å². The number of terminal acetylenes is 1. The second-order valence-corrected chi connectivity index (χ2v) is 3.43. The molecular weight excluding hydrogens is 190 g/mol. The number of aryl methyl sites for hydroxylation is 2. The summed E-state index contributed by atoms with van der Waals surface area (Å²) in [6.45, 7) is 5.50. The number of carbonyl (C=O) groups is 1. The van der Waals surface area contributed by atoms with Gasteiger partial charge in [-0.25, -0.2) is 0 Å². The largest absolute Gasteiger partial charge is 0.466 e. The van der Waals surface area contributed by atoms with Crippen LogP contribution in [0.3, 0.4) is 0 Å². The van der Waals surface area contributed by atoms with E-state index in [1.54, 1.807) is 13.0 Å². The Bertz CT molecular complexity index is 398. The SMILES string of the molecule is C#CC(CC)NC(=O)c1cc(C)oc1C. The summed E-state index contributed by atoms with van der Waals surface area (Å²) in [4.78, 5) is 11.7. The van der Waals surface area contributed by atoms with Crippen molar-refractivity contribution >= 4 is 5.91 Å². The Balaban J connectivity index is 2.78. The van der Waals surface area contributed by atoms with Crippen LogP contribution >= 0.6 is 0 Å². The highest BCUT2D eigenvalue weighted by atomic mass is 16.3. The van der Waals surface area contributed by atoms with E-state index in [0.717, 1.165) is 12.2 Å². The molecule has 3 nitrogen and oxygen atoms in total. The number of hydrogen-bond acceptors (Lipinski definition) is 2. The Morgan fingerprint density at radius 2 is 2.33 bits per heavy atom. The lowest BCUT2D eigenvalue weighted by atomic mass is 10.2. The minimum absolute atomic E-state index is 0.172. The fourth-order valence-electron chi connectivity index (χ4n) is 1.35. The van der Waals surface area contributed by atoms with E-state index >= 15 is 0 Å². The monoisotopic (exact) mass is 205 g/mol. The van der Waals surface area contributed by atoms with Crippen LogP contribution < -0.4 is 5.32 Å². The van der Waals surface area contributed by atoms with E-state index in [0.29, 0.717) is 11.3 Å². The third-order valence-electron chi connectivity index (χ3n) is 2.20. The molecular formula is C12H15NO2. The quantitative estimate of drug-likeness (QED) is 0.767. The summed E-state index contributed by atoms with van der Waals surface area (Å²) in [6, 6.07) is 1.50. The molecule has 1 unspecified atom stereocenters. The molecule has 0 bridgehead atoms. The molecule has 1 rings (SSSR count). The van der Waals surface area contributed by atoms with Crippen LogP contribution in [0.25, 0.3) is 0 Å². The molecule has 0 saturated carbocycles. The number of rotatable bonds is 3. The zero-order valence-corrected chi connectivity index (χ0v) is 9.26. The number of hydrogen-bond donors (Lipinski definition) is 1. The van der Waals surface area contributed by atoms with Gasteiger partial charge in [-0.2, -0.15) is 0 Å². The van der Waals surface area contributed by atoms with Crippen LogP contribution in [0, 0.1) is 26.2 Å². The third-order valence-corrected chi connectivity index (χ3v) is 2.20. The molecule has 0 fully saturated rings. The third kappa shape index (κ3) is 2.63. The van der Waals surface area contributed by atoms with Gasteiger partial charge in [-0.05, 0) is 26.3 Å². The van der Waals surface area contributed by atoms with Crippen molar-refractivity contribution in [1.29, 1.82) is 0 Å². The summed E-state index contributed by atoms with van der Waals surface area (Å²) in [5, 5.41) is 2.75. The molecule has 0 radical (unpaired) electrons. The van der Waals surface area contributed by atoms with Crippen molar-refractivity contribution in [2.75, 3.05) is 0 Å². The van der Waals surface area contributed by atoms with Crippen molar-refractivity contribution in [2.45, 2.75) is 33.2 Å². The Morgan fingerprint density at radius 3 is 2.73 bits per heavy atom. The number of amides is 1. The summed E-state index contributed by atoms with van der Waals surface area (Å²) < 4.78 is 5.27. The Morgan fingerprint density at radius 1 is 1.67 bits per heavy atom. The van der Waals surface area contributed by atoms with E-state index < -0.39 is 0 Å². The van der Waals surface area contributed by atoms with Crippen LogP contribution in [0.5, 0.6) is 0 Å². The van der Waals surface area contributed by atoms with E-state index in [1.165, 1.54) is 0 Å². The van der Waals surface area contributed by atoms with Crippen LogP contribution in [0.4, 0.5) is 0 Å². The molecule has 1 aromatic rings. The molecule has 0 aliphatic heterocycles. The van der Waals surface area contributed by atoms with E-state index in [9.17, 15) is 4.79 Å². The van der Waals surface area contributed by atoms with E-state index in [1.807, 2.05) is 13.8 Å². The summed E-state index contributed by atoms with van der Waals surface area (Å²) in [5.74, 6) is 3.69. The fourth-order valence-corrected chi connectivity index (χ4v) is 1.35. The van der Waals surface area contributed by atoms with Gasteiger partial charge in [-0.1, -0.05) is 12.8 Å². The van der Waals surface area contributed by atoms with Crippen molar-refractivity contribution in [1.82, 2.24) is 5.32 Å². The maximum Gasteiger partial charge on any atom is 0.255 e. The molecule has 0 aliphatic carbocycles. The molecule has 0 saturated heterocycles. The molecule has 80 valence electrons. The molecule has 1 heterocycles. The summed E-state index contributed by atoms with van der Waals surface area (Å²) in [6.07, 6.45) is 5.99. The summed E-state index contributed by atoms with van der Waals surface area (Å²) in [5.41, 5.74) is 0.557. The minimum atomic E-state index is -0.216. The van der Waals surface area contributed by atoms with Crippen molar-refractivity contribution < 1.29 is 9.21 Å². The molecule has 15 heavy (non-hydrogen) atoms. The van der Waals surface area contributed by atoms with Crippen molar-refractivity contribution in [2.24, 2.45) is 0 Å². The lowest BCUT2D eigenvalue weighted by Crippen LogP contribution is -2.33. The van der Waals surface area contributed by atoms with Crippen LogP contribution in [0.2, 0.25) is 0 Å². The van der Waals surface area contributed by atoms with Gasteiger partial charge in [0.1, 0.15) is 11.5 Å². The van der Waals surface area contributed by atoms with Gasteiger partial charge in [0.05, 0.1) is 11.6 Å². The highest BCUT2D eigenvalue weighted by Gasteiger charge is 2.15. The summed E-state index contributed by atoms with van der Waals surface area (Å²) >= 11 is 0. The van der Waals surface area contributed by atoms with Gasteiger partial charge in [-0.15, -0.1) is 6.42 Å². The number of nitrogens with one attached hydrogen (secondary N) is 1. The van der Waals surface area contributed by atoms with E-state index in [2.05, 4.69) is 11.2 Å². The number of carbonyl (C=O) groups excluding carboxylic acids is 1. The van der Waals surface area contributed by atoms with Crippen LogP contribution in [-0.4, -0.2) is 11.9 Å². The molecule has 0 aromatic carbocycles. The van der Waals surface area contributed by atoms with Crippen molar-refractivity contribution in [3.05, 3.63) is 23.2 Å². The van der Waals surface area contributed by atoms with Crippen LogP contribution in [0.15, 0.2) is 10.5 Å². The first-order valence-electron chi connectivity index (χ1n) is 4.92. The lowest BCUT2D eigenvalue weighted by Gasteiger charge is -2.09. The predicted octanol–water partition coefficient (Wildman–Crippen LogP) is 2.04. The number of furan rings is 1. The lowest BCUT2D eigenvalue weighted by molar-refractivity contribution is 0.0943. The van der Waals surface area contributed by atoms with Gasteiger partial charge >= 0.3 is 0 Å². The second-order valence-electron chi connectivity index (χ2n) is 3.43. The van der Waals surface area contributed by atoms with Gasteiger partial charge in [-0.3, -0.25) is 4.79 Å². The normalized spacial score (nSPS) is 11.9. The topological polar surface area (TPSA) is 42.2 Å². The maximum absolute atomic E-state index is 11.7. The van der Waals surface area contributed by atoms with Crippen molar-refractivity contribution in [3.8, 4) is 12.3 Å². The molecule has 1 atom stereocenters. The Hall–Kier alpha value is -1.69. The molecule has 0 aliphatic rings. The highest BCUT2D eigenvalue weighted by Crippen LogP contribution is 2.13. The van der Waals surface area contributed by atoms with E-state index in [4.69, 9.17) is 10.8 Å². The van der Waals surface area contributed by atoms with Gasteiger partial charge in [0.15, 0.2) is 0 Å². The fraction of sp³-hybridized carbons (Fsp3) is 0.417. The first-order chi connectivity index (χ1) is 7.08. The molecule has 0 spiro atoms. The maximum atomic E-state index is 11.7. The molecule has 3 heteroatoms. The average molecular weight is 205 g/mol. The molecule has 1 aromatic heterocycles. The smallest absolute Gasteiger partial charge is 0.255 e. The zero-order valence-electron chi connectivity index (χ0n) is 9.26. The van der Waals surface area contributed by atoms with Gasteiger partial charge < -0.3 is 9.73 Å². The first kappa shape index (κ1) is 11.4. The standard InChI is InChI=1S/C12H15NO2/c1-5-10(6-2)13-12(14)11-7-8(3)15-9(11)4/h1,7,10H,6H2,2-4H3,(H,13,14). The average Bonchev–Trinajstić information content (AvgIpc) is 2.54. The van der Waals surface area contributed by atoms with Gasteiger partial charge in [0.2, 0.25) is 0 Å². The summed E-state index contributed by atoms with van der Waals surface area (Å²) in [7, 11) is 0. The van der Waals surface area contributed by atoms with Crippen molar-refractivity contribution in [3.63, 3.8) is 0 Å². The van der Waals surface area contributed by atoms with Gasteiger partial charge in [0.25, 0.3) is 5.91 Å². The first-order valence-corrected chi connectivity index (χ1v) is 4.92. The molecule has 1 N–H and O–H groups in total. The van der Waals surface area contributed by atoms with Crippen LogP contribution in [0.1, 0.15) is 35.2 Å². The Kier molecular flexibility index (Phi) is 3.56. The highest BCUT2D eigenvalue weighted by molar-refractivity contribution is 5.95. The predicted molar refractivity (Wildman–Crippen MR) is 58.6 cm³/mol. The minimum Gasteiger partial charge on any atom is -0.466 e. The zero-order chi connectivity index (χ0) is 11.4. The Labute approximate surface area is 89.9 Å². The molecule has 1 amide bonds. The van der Waals surface area contributed by atoms with Gasteiger partial charge in [0, 0.05) is 0 Å².